The zero-order valence-corrected chi connectivity index (χ0v) is 28.1. The summed E-state index contributed by atoms with van der Waals surface area (Å²) >= 11 is 0. The van der Waals surface area contributed by atoms with Crippen molar-refractivity contribution in [2.75, 3.05) is 11.5 Å². The molecule has 2 aromatic rings. The molecular weight excluding hydrogens is 560 g/mol. The van der Waals surface area contributed by atoms with Crippen LogP contribution in [0.1, 0.15) is 109 Å². The van der Waals surface area contributed by atoms with Gasteiger partial charge in [0.1, 0.15) is 12.7 Å². The summed E-state index contributed by atoms with van der Waals surface area (Å²) in [5.41, 5.74) is 15.6. The molecule has 248 valence electrons. The van der Waals surface area contributed by atoms with E-state index in [4.69, 9.17) is 26.1 Å². The number of hydrogen-bond donors (Lipinski definition) is 3. The quantitative estimate of drug-likeness (QED) is 0.132. The van der Waals surface area contributed by atoms with E-state index in [0.717, 1.165) is 83.7 Å². The standard InChI is InChI=1S/C39H58N2O4/c1-24(2)5-6-25(3)31-15-16-33-32(31)17-18-35-34(33)22-37(45-43-23-26-7-11-29(40)12-8-26)36-21-28(19-20-39(35,36)4)38(44-42)27-9-13-30(41)14-10-27/h7-14,24-25,28,31-38,42H,5-6,15-23,40-41H2,1-4H3. The fourth-order valence-electron chi connectivity index (χ4n) is 10.8. The molecule has 6 heteroatoms. The number of benzene rings is 2. The lowest BCUT2D eigenvalue weighted by Gasteiger charge is -2.61. The van der Waals surface area contributed by atoms with Gasteiger partial charge in [0.05, 0.1) is 6.10 Å². The van der Waals surface area contributed by atoms with Crippen LogP contribution in [0.2, 0.25) is 0 Å². The van der Waals surface area contributed by atoms with Gasteiger partial charge in [0.2, 0.25) is 0 Å². The number of rotatable bonds is 11. The van der Waals surface area contributed by atoms with E-state index in [0.29, 0.717) is 18.4 Å². The maximum absolute atomic E-state index is 10.1. The van der Waals surface area contributed by atoms with Crippen molar-refractivity contribution >= 4 is 11.4 Å². The van der Waals surface area contributed by atoms with Crippen LogP contribution in [0, 0.1) is 58.7 Å². The highest BCUT2D eigenvalue weighted by molar-refractivity contribution is 5.40. The van der Waals surface area contributed by atoms with Crippen molar-refractivity contribution in [1.82, 2.24) is 0 Å². The van der Waals surface area contributed by atoms with Crippen LogP contribution in [0.15, 0.2) is 48.5 Å². The van der Waals surface area contributed by atoms with Crippen LogP contribution in [0.4, 0.5) is 11.4 Å². The molecular formula is C39H58N2O4. The molecule has 6 nitrogen and oxygen atoms in total. The average Bonchev–Trinajstić information content (AvgIpc) is 3.47. The second-order valence-electron chi connectivity index (χ2n) is 16.1. The Morgan fingerprint density at radius 1 is 0.800 bits per heavy atom. The maximum atomic E-state index is 10.1. The Morgan fingerprint density at radius 3 is 2.18 bits per heavy atom. The van der Waals surface area contributed by atoms with Crippen LogP contribution in [0.5, 0.6) is 0 Å². The lowest BCUT2D eigenvalue weighted by Crippen LogP contribution is -2.57. The largest absolute Gasteiger partial charge is 0.399 e. The molecule has 0 spiro atoms. The van der Waals surface area contributed by atoms with Gasteiger partial charge < -0.3 is 11.5 Å². The van der Waals surface area contributed by atoms with Crippen molar-refractivity contribution in [3.05, 3.63) is 59.7 Å². The fourth-order valence-corrected chi connectivity index (χ4v) is 10.8. The minimum absolute atomic E-state index is 0.0229. The molecule has 0 saturated heterocycles. The van der Waals surface area contributed by atoms with Crippen LogP contribution < -0.4 is 11.5 Å². The van der Waals surface area contributed by atoms with Gasteiger partial charge in [-0.1, -0.05) is 64.8 Å². The van der Waals surface area contributed by atoms with Gasteiger partial charge in [0.15, 0.2) is 0 Å². The second-order valence-corrected chi connectivity index (χ2v) is 16.1. The van der Waals surface area contributed by atoms with Gasteiger partial charge in [-0.05, 0) is 145 Å². The number of nitrogens with two attached hydrogens (primary N) is 2. The summed E-state index contributed by atoms with van der Waals surface area (Å²) in [5, 5.41) is 10.1. The number of anilines is 2. The molecule has 4 saturated carbocycles. The minimum Gasteiger partial charge on any atom is -0.399 e. The lowest BCUT2D eigenvalue weighted by molar-refractivity contribution is -0.367. The molecule has 6 rings (SSSR count). The normalized spacial score (nSPS) is 35.8. The minimum atomic E-state index is -0.372. The number of nitrogen functional groups attached to an aromatic ring is 2. The van der Waals surface area contributed by atoms with E-state index in [-0.39, 0.29) is 23.5 Å². The first-order valence-corrected chi connectivity index (χ1v) is 18.0. The zero-order chi connectivity index (χ0) is 31.7. The average molecular weight is 619 g/mol. The van der Waals surface area contributed by atoms with Crippen molar-refractivity contribution in [3.63, 3.8) is 0 Å². The smallest absolute Gasteiger partial charge is 0.120 e. The summed E-state index contributed by atoms with van der Waals surface area (Å²) in [4.78, 5) is 17.8. The molecule has 11 atom stereocenters. The van der Waals surface area contributed by atoms with Crippen molar-refractivity contribution in [3.8, 4) is 0 Å². The zero-order valence-electron chi connectivity index (χ0n) is 28.1. The highest BCUT2D eigenvalue weighted by Crippen LogP contribution is 2.66. The maximum Gasteiger partial charge on any atom is 0.120 e. The molecule has 11 unspecified atom stereocenters. The topological polar surface area (TPSA) is 100.0 Å². The predicted octanol–water partition coefficient (Wildman–Crippen LogP) is 9.47. The lowest BCUT2D eigenvalue weighted by atomic mass is 9.45. The first-order valence-electron chi connectivity index (χ1n) is 18.0. The Labute approximate surface area is 271 Å². The third-order valence-electron chi connectivity index (χ3n) is 13.2. The summed E-state index contributed by atoms with van der Waals surface area (Å²) in [7, 11) is 0. The fraction of sp³-hybridized carbons (Fsp3) is 0.692. The van der Waals surface area contributed by atoms with Gasteiger partial charge in [0, 0.05) is 11.4 Å². The first-order chi connectivity index (χ1) is 21.7. The summed E-state index contributed by atoms with van der Waals surface area (Å²) in [5.74, 6) is 6.09. The van der Waals surface area contributed by atoms with Gasteiger partial charge in [0.25, 0.3) is 0 Å². The first kappa shape index (κ1) is 32.8. The van der Waals surface area contributed by atoms with Gasteiger partial charge in [-0.3, -0.25) is 5.26 Å². The Bertz CT molecular complexity index is 1230. The number of fused-ring (bicyclic) bond motifs is 5. The Morgan fingerprint density at radius 2 is 1.49 bits per heavy atom. The van der Waals surface area contributed by atoms with Gasteiger partial charge in [-0.25, -0.2) is 14.7 Å². The highest BCUT2D eigenvalue weighted by Gasteiger charge is 2.60. The Kier molecular flexibility index (Phi) is 10.2. The van der Waals surface area contributed by atoms with E-state index in [1.165, 1.54) is 38.5 Å². The van der Waals surface area contributed by atoms with Gasteiger partial charge >= 0.3 is 0 Å². The molecule has 45 heavy (non-hydrogen) atoms. The van der Waals surface area contributed by atoms with E-state index in [9.17, 15) is 5.26 Å². The van der Waals surface area contributed by atoms with Crippen molar-refractivity contribution < 1.29 is 19.9 Å². The highest BCUT2D eigenvalue weighted by atomic mass is 17.2. The second kappa shape index (κ2) is 13.9. The molecule has 5 N–H and O–H groups in total. The van der Waals surface area contributed by atoms with Crippen LogP contribution in [-0.2, 0) is 21.3 Å². The number of hydrogen-bond acceptors (Lipinski definition) is 6. The predicted molar refractivity (Wildman–Crippen MR) is 181 cm³/mol. The van der Waals surface area contributed by atoms with E-state index in [2.05, 4.69) is 27.7 Å². The van der Waals surface area contributed by atoms with Crippen LogP contribution in [0.3, 0.4) is 0 Å². The van der Waals surface area contributed by atoms with Crippen molar-refractivity contribution in [1.29, 1.82) is 0 Å². The molecule has 4 fully saturated rings. The van der Waals surface area contributed by atoms with Gasteiger partial charge in [-0.2, -0.15) is 0 Å². The van der Waals surface area contributed by atoms with E-state index in [1.807, 2.05) is 48.5 Å². The summed E-state index contributed by atoms with van der Waals surface area (Å²) in [6, 6.07) is 15.6. The molecule has 0 bridgehead atoms. The summed E-state index contributed by atoms with van der Waals surface area (Å²) in [6.45, 7) is 10.2. The molecule has 0 aromatic heterocycles. The monoisotopic (exact) mass is 618 g/mol. The van der Waals surface area contributed by atoms with Crippen molar-refractivity contribution in [2.24, 2.45) is 58.7 Å². The van der Waals surface area contributed by atoms with Crippen molar-refractivity contribution in [2.45, 2.75) is 111 Å². The molecule has 0 aliphatic heterocycles. The van der Waals surface area contributed by atoms with E-state index >= 15 is 0 Å². The SMILES string of the molecule is CC(C)CCC(C)C1CCC2C1CCC1C2CC(OOCc2ccc(N)cc2)C2CC(C(OO)c3ccc(N)cc3)CCC21C. The molecule has 4 aliphatic carbocycles. The summed E-state index contributed by atoms with van der Waals surface area (Å²) in [6.07, 6.45) is 12.1. The molecule has 0 amide bonds. The molecule has 2 aromatic carbocycles. The van der Waals surface area contributed by atoms with Crippen LogP contribution in [0.25, 0.3) is 0 Å². The van der Waals surface area contributed by atoms with Crippen LogP contribution in [-0.4, -0.2) is 11.4 Å². The molecule has 0 heterocycles. The Balaban J connectivity index is 1.22. The van der Waals surface area contributed by atoms with Gasteiger partial charge in [-0.15, -0.1) is 0 Å². The Hall–Kier alpha value is -2.12. The van der Waals surface area contributed by atoms with E-state index < -0.39 is 0 Å². The third kappa shape index (κ3) is 6.81. The molecule has 0 radical (unpaired) electrons. The molecule has 4 aliphatic rings. The van der Waals surface area contributed by atoms with E-state index in [1.54, 1.807) is 0 Å². The third-order valence-corrected chi connectivity index (χ3v) is 13.2. The summed E-state index contributed by atoms with van der Waals surface area (Å²) < 4.78 is 0. The van der Waals surface area contributed by atoms with Crippen LogP contribution >= 0.6 is 0 Å².